The van der Waals surface area contributed by atoms with E-state index in [1.54, 1.807) is 18.2 Å². The largest absolute Gasteiger partial charge is 0.481 e. The molecule has 17 aliphatic rings. The highest BCUT2D eigenvalue weighted by Gasteiger charge is 2.98. The summed E-state index contributed by atoms with van der Waals surface area (Å²) in [6.07, 6.45) is 18.4. The summed E-state index contributed by atoms with van der Waals surface area (Å²) in [7, 11) is 0. The molecule has 0 radical (unpaired) electrons. The van der Waals surface area contributed by atoms with Crippen molar-refractivity contribution in [2.75, 3.05) is 0 Å². The Kier molecular flexibility index (Phi) is 4.37. The second-order valence-electron chi connectivity index (χ2n) is 21.6. The predicted molar refractivity (Wildman–Crippen MR) is 211 cm³/mol. The number of rotatable bonds is 3. The van der Waals surface area contributed by atoms with E-state index >= 15 is 9.90 Å². The molecule has 306 valence electrons. The molecule has 6 fully saturated rings. The number of hydrogen-bond donors (Lipinski definition) is 6. The van der Waals surface area contributed by atoms with Crippen LogP contribution >= 0.6 is 0 Å². The van der Waals surface area contributed by atoms with E-state index in [0.717, 1.165) is 50.3 Å². The first-order chi connectivity index (χ1) is 29.7. The summed E-state index contributed by atoms with van der Waals surface area (Å²) in [5.41, 5.74) is -2.73. The molecule has 15 aliphatic carbocycles. The second-order valence-corrected chi connectivity index (χ2v) is 21.6. The van der Waals surface area contributed by atoms with Crippen molar-refractivity contribution < 1.29 is 54.5 Å². The van der Waals surface area contributed by atoms with Crippen LogP contribution in [0, 0.1) is 40.9 Å². The maximum absolute atomic E-state index is 15.1. The van der Waals surface area contributed by atoms with E-state index in [2.05, 4.69) is 24.3 Å². The summed E-state index contributed by atoms with van der Waals surface area (Å²) in [4.78, 5) is 41.8. The molecule has 11 heteroatoms. The van der Waals surface area contributed by atoms with Crippen LogP contribution in [0.15, 0.2) is 110 Å². The summed E-state index contributed by atoms with van der Waals surface area (Å²) in [6.45, 7) is 0. The third kappa shape index (κ3) is 2.37. The molecule has 2 heterocycles. The molecule has 0 aromatic heterocycles. The Morgan fingerprint density at radius 1 is 0.855 bits per heavy atom. The van der Waals surface area contributed by atoms with Crippen LogP contribution in [0.1, 0.15) is 67.6 Å². The Hall–Kier alpha value is -5.17. The first-order valence-electron chi connectivity index (χ1n) is 22.4. The van der Waals surface area contributed by atoms with Crippen molar-refractivity contribution >= 4 is 29.6 Å². The quantitative estimate of drug-likeness (QED) is 0.194. The Balaban J connectivity index is 1.13. The van der Waals surface area contributed by atoms with Crippen molar-refractivity contribution in [1.29, 1.82) is 0 Å². The number of carbonyl (C=O) groups is 3. The van der Waals surface area contributed by atoms with Crippen LogP contribution < -0.4 is 10.4 Å². The average molecular weight is 825 g/mol. The number of aliphatic carboxylic acids is 3. The zero-order valence-corrected chi connectivity index (χ0v) is 32.9. The normalized spacial score (nSPS) is 52.3. The van der Waals surface area contributed by atoms with Crippen molar-refractivity contribution in [2.45, 2.75) is 90.1 Å². The van der Waals surface area contributed by atoms with E-state index < -0.39 is 86.2 Å². The summed E-state index contributed by atoms with van der Waals surface area (Å²) < 4.78 is 15.1. The van der Waals surface area contributed by atoms with E-state index in [1.165, 1.54) is 0 Å². The lowest BCUT2D eigenvalue weighted by Crippen LogP contribution is -2.74. The summed E-state index contributed by atoms with van der Waals surface area (Å²) in [5.74, 6) is -7.59. The lowest BCUT2D eigenvalue weighted by atomic mass is 9.31. The van der Waals surface area contributed by atoms with E-state index in [4.69, 9.17) is 9.47 Å². The topological polar surface area (TPSA) is 198 Å². The number of carboxylic acids is 3. The zero-order valence-electron chi connectivity index (χ0n) is 32.9. The summed E-state index contributed by atoms with van der Waals surface area (Å²) in [5, 5.41) is 78.2. The van der Waals surface area contributed by atoms with Crippen molar-refractivity contribution in [3.05, 3.63) is 137 Å². The SMILES string of the molecule is O=C(O)C1C=CC2(O)c3cc4c5c6c3C3C7=C8C9=C%10C(=CC%11(O)CCC%12=CC%13=CCC(CC=4)C=5C%13=C(C86O)C%12(C(=O)O)C9%11)C(C(=O)O)CC4=CCC(C5CC=C1C21OC351)C71OC4%101. The van der Waals surface area contributed by atoms with Gasteiger partial charge in [0.05, 0.1) is 17.4 Å². The molecule has 2 saturated heterocycles. The molecule has 11 nitrogen and oxygen atoms in total. The first-order valence-corrected chi connectivity index (χ1v) is 22.4. The van der Waals surface area contributed by atoms with Crippen molar-refractivity contribution in [2.24, 2.45) is 40.9 Å². The monoisotopic (exact) mass is 824 g/mol. The Morgan fingerprint density at radius 2 is 1.68 bits per heavy atom. The molecule has 15 atom stereocenters. The third-order valence-electron chi connectivity index (χ3n) is 20.5. The molecule has 4 saturated carbocycles. The van der Waals surface area contributed by atoms with Gasteiger partial charge in [0.1, 0.15) is 33.4 Å². The number of epoxide rings is 2. The van der Waals surface area contributed by atoms with Gasteiger partial charge in [-0.3, -0.25) is 14.4 Å². The number of aliphatic hydroxyl groups is 3. The standard InChI is InChI=1S/C51H36O11/c52-41(53)22-10-12-45(59)28-14-19-4-2-17-1-3-18-13-20-9-11-44(58)16-24-23(42(54)55)15-21-5-6-26-27-8-7-25(22)51(45)50(27,62-51)37-32(28)35-30(19)29(17)31(18)40-46(20,43(56)57)39(44)33-34(24)48(21)49(26,61-48)38(37)36(33)47(35,40)60/h3-5,7,10,12-14,16-17,22-23,26-27,37,39,58-60H,1-2,6,8-9,11,15H2,(H,52,53)(H,54,55)(H,56,57). The maximum Gasteiger partial charge on any atom is 0.318 e. The van der Waals surface area contributed by atoms with E-state index in [0.29, 0.717) is 69.4 Å². The Labute approximate surface area is 351 Å². The van der Waals surface area contributed by atoms with Crippen LogP contribution in [0.25, 0.3) is 11.6 Å². The summed E-state index contributed by atoms with van der Waals surface area (Å²) in [6, 6.07) is 2.05. The fourth-order valence-electron chi connectivity index (χ4n) is 19.2. The zero-order chi connectivity index (χ0) is 41.3. The van der Waals surface area contributed by atoms with Gasteiger partial charge in [0.15, 0.2) is 5.60 Å². The minimum Gasteiger partial charge on any atom is -0.481 e. The fourth-order valence-corrected chi connectivity index (χ4v) is 19.2. The number of fused-ring (bicyclic) bond motifs is 2. The highest BCUT2D eigenvalue weighted by atomic mass is 16.7. The minimum absolute atomic E-state index is 0.00589. The van der Waals surface area contributed by atoms with Crippen molar-refractivity contribution in [3.63, 3.8) is 0 Å². The highest BCUT2D eigenvalue weighted by molar-refractivity contribution is 6.01. The summed E-state index contributed by atoms with van der Waals surface area (Å²) >= 11 is 0. The highest BCUT2D eigenvalue weighted by Crippen LogP contribution is 2.92. The number of benzene rings is 1. The average Bonchev–Trinajstić information content (AvgIpc) is 4.14. The van der Waals surface area contributed by atoms with Crippen LogP contribution in [0.4, 0.5) is 0 Å². The lowest BCUT2D eigenvalue weighted by Gasteiger charge is -2.69. The van der Waals surface area contributed by atoms with Crippen molar-refractivity contribution in [1.82, 2.24) is 0 Å². The third-order valence-corrected chi connectivity index (χ3v) is 20.5. The molecule has 4 spiro atoms. The molecule has 2 aliphatic heterocycles. The van der Waals surface area contributed by atoms with Crippen LogP contribution in [0.2, 0.25) is 0 Å². The first kappa shape index (κ1) is 32.5. The molecule has 15 unspecified atom stereocenters. The number of ether oxygens (including phenoxy) is 2. The van der Waals surface area contributed by atoms with E-state index in [9.17, 15) is 35.1 Å². The fraction of sp³-hybridized carbons (Fsp3) is 0.431. The van der Waals surface area contributed by atoms with E-state index in [-0.39, 0.29) is 37.0 Å². The molecule has 1 aromatic rings. The van der Waals surface area contributed by atoms with Gasteiger partial charge in [-0.1, -0.05) is 36.5 Å². The van der Waals surface area contributed by atoms with Crippen molar-refractivity contribution in [3.8, 4) is 0 Å². The molecule has 0 bridgehead atoms. The molecule has 6 N–H and O–H groups in total. The Morgan fingerprint density at radius 3 is 2.48 bits per heavy atom. The van der Waals surface area contributed by atoms with Gasteiger partial charge in [0.2, 0.25) is 0 Å². The van der Waals surface area contributed by atoms with Gasteiger partial charge in [0, 0.05) is 34.8 Å². The molecule has 0 amide bonds. The van der Waals surface area contributed by atoms with Crippen LogP contribution in [-0.2, 0) is 35.1 Å². The second kappa shape index (κ2) is 8.34. The van der Waals surface area contributed by atoms with Gasteiger partial charge in [-0.15, -0.1) is 0 Å². The molecular weight excluding hydrogens is 789 g/mol. The number of carboxylic acid groups (broad SMARTS) is 3. The molecular formula is C51H36O11. The van der Waals surface area contributed by atoms with Crippen LogP contribution in [0.5, 0.6) is 0 Å². The number of hydrogen-bond acceptors (Lipinski definition) is 8. The molecule has 62 heavy (non-hydrogen) atoms. The number of allylic oxidation sites excluding steroid dienone is 6. The minimum atomic E-state index is -2.09. The lowest BCUT2D eigenvalue weighted by molar-refractivity contribution is -0.158. The van der Waals surface area contributed by atoms with Crippen LogP contribution in [0.3, 0.4) is 0 Å². The van der Waals surface area contributed by atoms with Gasteiger partial charge in [0.25, 0.3) is 0 Å². The molecule has 1 aromatic carbocycles. The van der Waals surface area contributed by atoms with Gasteiger partial charge < -0.3 is 40.1 Å². The van der Waals surface area contributed by atoms with Gasteiger partial charge >= 0.3 is 17.9 Å². The van der Waals surface area contributed by atoms with E-state index in [1.807, 2.05) is 12.2 Å². The van der Waals surface area contributed by atoms with Crippen LogP contribution in [-0.4, -0.2) is 76.6 Å². The molecule has 18 rings (SSSR count). The smallest absolute Gasteiger partial charge is 0.318 e. The maximum atomic E-state index is 15.1. The van der Waals surface area contributed by atoms with Gasteiger partial charge in [-0.2, -0.15) is 0 Å². The Bertz CT molecular complexity index is 3350. The van der Waals surface area contributed by atoms with Gasteiger partial charge in [-0.25, -0.2) is 0 Å². The predicted octanol–water partition coefficient (Wildman–Crippen LogP) is 2.77. The van der Waals surface area contributed by atoms with Gasteiger partial charge in [-0.05, 0) is 152 Å².